The SMILES string of the molecule is Brc1ccccc1CN1CCN(C2CNC2)CC1. The fourth-order valence-electron chi connectivity index (χ4n) is 2.69. The number of hydrogen-bond donors (Lipinski definition) is 1. The van der Waals surface area contributed by atoms with Gasteiger partial charge in [-0.25, -0.2) is 0 Å². The van der Waals surface area contributed by atoms with E-state index in [4.69, 9.17) is 0 Å². The summed E-state index contributed by atoms with van der Waals surface area (Å²) in [5.74, 6) is 0. The van der Waals surface area contributed by atoms with Crippen molar-refractivity contribution in [3.63, 3.8) is 0 Å². The molecule has 98 valence electrons. The Hall–Kier alpha value is -0.420. The lowest BCUT2D eigenvalue weighted by Gasteiger charge is -2.43. The van der Waals surface area contributed by atoms with Crippen molar-refractivity contribution in [2.75, 3.05) is 39.3 Å². The predicted molar refractivity (Wildman–Crippen MR) is 77.6 cm³/mol. The Morgan fingerprint density at radius 2 is 1.83 bits per heavy atom. The Balaban J connectivity index is 1.52. The first-order valence-electron chi connectivity index (χ1n) is 6.73. The number of rotatable bonds is 3. The van der Waals surface area contributed by atoms with E-state index in [0.717, 1.165) is 12.6 Å². The largest absolute Gasteiger partial charge is 0.314 e. The van der Waals surface area contributed by atoms with Crippen LogP contribution >= 0.6 is 15.9 Å². The molecule has 0 atom stereocenters. The van der Waals surface area contributed by atoms with Crippen LogP contribution in [0, 0.1) is 0 Å². The lowest BCUT2D eigenvalue weighted by Crippen LogP contribution is -2.61. The van der Waals surface area contributed by atoms with Crippen LogP contribution in [0.2, 0.25) is 0 Å². The molecule has 0 aliphatic carbocycles. The Morgan fingerprint density at radius 1 is 1.11 bits per heavy atom. The van der Waals surface area contributed by atoms with Crippen molar-refractivity contribution in [1.82, 2.24) is 15.1 Å². The van der Waals surface area contributed by atoms with Crippen molar-refractivity contribution in [1.29, 1.82) is 0 Å². The second-order valence-corrected chi connectivity index (χ2v) is 6.07. The summed E-state index contributed by atoms with van der Waals surface area (Å²) in [7, 11) is 0. The van der Waals surface area contributed by atoms with Crippen LogP contribution in [-0.4, -0.2) is 55.1 Å². The van der Waals surface area contributed by atoms with Gasteiger partial charge in [-0.15, -0.1) is 0 Å². The van der Waals surface area contributed by atoms with Crippen molar-refractivity contribution >= 4 is 15.9 Å². The van der Waals surface area contributed by atoms with Crippen LogP contribution in [0.25, 0.3) is 0 Å². The van der Waals surface area contributed by atoms with Crippen LogP contribution < -0.4 is 5.32 Å². The van der Waals surface area contributed by atoms with E-state index in [2.05, 4.69) is 55.3 Å². The smallest absolute Gasteiger partial charge is 0.0346 e. The van der Waals surface area contributed by atoms with Crippen LogP contribution in [-0.2, 0) is 6.54 Å². The normalized spacial score (nSPS) is 22.9. The molecule has 0 aromatic heterocycles. The van der Waals surface area contributed by atoms with Gasteiger partial charge >= 0.3 is 0 Å². The van der Waals surface area contributed by atoms with Gasteiger partial charge in [0.25, 0.3) is 0 Å². The van der Waals surface area contributed by atoms with E-state index in [9.17, 15) is 0 Å². The number of piperazine rings is 1. The lowest BCUT2D eigenvalue weighted by molar-refractivity contribution is 0.0695. The van der Waals surface area contributed by atoms with Gasteiger partial charge in [-0.3, -0.25) is 9.80 Å². The van der Waals surface area contributed by atoms with E-state index >= 15 is 0 Å². The molecule has 1 aromatic carbocycles. The van der Waals surface area contributed by atoms with Crippen LogP contribution in [0.1, 0.15) is 5.56 Å². The third-order valence-electron chi connectivity index (χ3n) is 4.03. The maximum absolute atomic E-state index is 3.63. The molecule has 0 bridgehead atoms. The highest BCUT2D eigenvalue weighted by atomic mass is 79.9. The molecule has 0 spiro atoms. The summed E-state index contributed by atoms with van der Waals surface area (Å²) in [6.45, 7) is 8.26. The summed E-state index contributed by atoms with van der Waals surface area (Å²) in [6, 6.07) is 9.35. The highest BCUT2D eigenvalue weighted by Crippen LogP contribution is 2.19. The molecule has 2 fully saturated rings. The maximum atomic E-state index is 3.63. The summed E-state index contributed by atoms with van der Waals surface area (Å²) < 4.78 is 1.23. The quantitative estimate of drug-likeness (QED) is 0.914. The fraction of sp³-hybridized carbons (Fsp3) is 0.571. The standard InChI is InChI=1S/C14H20BrN3/c15-14-4-2-1-3-12(14)11-17-5-7-18(8-6-17)13-9-16-10-13/h1-4,13,16H,5-11H2. The summed E-state index contributed by atoms with van der Waals surface area (Å²) >= 11 is 3.63. The minimum absolute atomic E-state index is 0.801. The van der Waals surface area contributed by atoms with Crippen LogP contribution in [0.3, 0.4) is 0 Å². The molecule has 4 heteroatoms. The van der Waals surface area contributed by atoms with Crippen molar-refractivity contribution in [3.8, 4) is 0 Å². The number of benzene rings is 1. The molecular weight excluding hydrogens is 290 g/mol. The third-order valence-corrected chi connectivity index (χ3v) is 4.81. The van der Waals surface area contributed by atoms with Crippen molar-refractivity contribution in [3.05, 3.63) is 34.3 Å². The number of nitrogens with one attached hydrogen (secondary N) is 1. The third kappa shape index (κ3) is 2.77. The van der Waals surface area contributed by atoms with E-state index in [0.29, 0.717) is 0 Å². The summed E-state index contributed by atoms with van der Waals surface area (Å²) in [6.07, 6.45) is 0. The fourth-order valence-corrected chi connectivity index (χ4v) is 3.10. The van der Waals surface area contributed by atoms with E-state index in [1.165, 1.54) is 49.3 Å². The number of hydrogen-bond acceptors (Lipinski definition) is 3. The molecule has 2 heterocycles. The Morgan fingerprint density at radius 3 is 2.44 bits per heavy atom. The predicted octanol–water partition coefficient (Wildman–Crippen LogP) is 1.54. The lowest BCUT2D eigenvalue weighted by atomic mass is 10.1. The minimum atomic E-state index is 0.801. The first-order chi connectivity index (χ1) is 8.83. The molecule has 2 aliphatic rings. The van der Waals surface area contributed by atoms with Gasteiger partial charge in [-0.05, 0) is 11.6 Å². The molecule has 1 aromatic rings. The van der Waals surface area contributed by atoms with Gasteiger partial charge in [0, 0.05) is 56.3 Å². The van der Waals surface area contributed by atoms with Crippen molar-refractivity contribution in [2.45, 2.75) is 12.6 Å². The van der Waals surface area contributed by atoms with Gasteiger partial charge in [0.2, 0.25) is 0 Å². The first-order valence-corrected chi connectivity index (χ1v) is 7.53. The molecule has 0 amide bonds. The number of halogens is 1. The Kier molecular flexibility index (Phi) is 3.99. The van der Waals surface area contributed by atoms with E-state index < -0.39 is 0 Å². The first kappa shape index (κ1) is 12.6. The van der Waals surface area contributed by atoms with Crippen LogP contribution in [0.15, 0.2) is 28.7 Å². The van der Waals surface area contributed by atoms with Gasteiger partial charge in [-0.1, -0.05) is 34.1 Å². The minimum Gasteiger partial charge on any atom is -0.314 e. The van der Waals surface area contributed by atoms with Gasteiger partial charge < -0.3 is 5.32 Å². The van der Waals surface area contributed by atoms with Crippen molar-refractivity contribution < 1.29 is 0 Å². The van der Waals surface area contributed by atoms with Gasteiger partial charge in [0.15, 0.2) is 0 Å². The van der Waals surface area contributed by atoms with Gasteiger partial charge in [0.1, 0.15) is 0 Å². The molecule has 18 heavy (non-hydrogen) atoms. The molecule has 3 nitrogen and oxygen atoms in total. The maximum Gasteiger partial charge on any atom is 0.0346 e. The number of nitrogens with zero attached hydrogens (tertiary/aromatic N) is 2. The van der Waals surface area contributed by atoms with Crippen molar-refractivity contribution in [2.24, 2.45) is 0 Å². The van der Waals surface area contributed by atoms with E-state index in [-0.39, 0.29) is 0 Å². The second-order valence-electron chi connectivity index (χ2n) is 5.22. The molecule has 0 saturated carbocycles. The van der Waals surface area contributed by atoms with Gasteiger partial charge in [-0.2, -0.15) is 0 Å². The van der Waals surface area contributed by atoms with E-state index in [1.807, 2.05) is 0 Å². The molecule has 0 unspecified atom stereocenters. The zero-order valence-corrected chi connectivity index (χ0v) is 12.2. The van der Waals surface area contributed by atoms with Crippen LogP contribution in [0.5, 0.6) is 0 Å². The molecule has 3 rings (SSSR count). The molecule has 2 saturated heterocycles. The zero-order chi connectivity index (χ0) is 12.4. The highest BCUT2D eigenvalue weighted by Gasteiger charge is 2.27. The second kappa shape index (κ2) is 5.70. The molecule has 1 N–H and O–H groups in total. The van der Waals surface area contributed by atoms with E-state index in [1.54, 1.807) is 0 Å². The monoisotopic (exact) mass is 309 g/mol. The summed E-state index contributed by atoms with van der Waals surface area (Å²) in [4.78, 5) is 5.19. The van der Waals surface area contributed by atoms with Gasteiger partial charge in [0.05, 0.1) is 0 Å². The zero-order valence-electron chi connectivity index (χ0n) is 10.6. The highest BCUT2D eigenvalue weighted by molar-refractivity contribution is 9.10. The topological polar surface area (TPSA) is 18.5 Å². The summed E-state index contributed by atoms with van der Waals surface area (Å²) in [5, 5.41) is 3.36. The molecule has 0 radical (unpaired) electrons. The summed E-state index contributed by atoms with van der Waals surface area (Å²) in [5.41, 5.74) is 1.40. The molecule has 2 aliphatic heterocycles. The Labute approximate surface area is 117 Å². The van der Waals surface area contributed by atoms with Crippen LogP contribution in [0.4, 0.5) is 0 Å². The Bertz CT molecular complexity index is 398. The average Bonchev–Trinajstić information content (AvgIpc) is 2.32. The molecular formula is C14H20BrN3. The average molecular weight is 310 g/mol.